The fraction of sp³-hybridized carbons (Fsp3) is 0.474. The van der Waals surface area contributed by atoms with Crippen molar-refractivity contribution in [3.63, 3.8) is 0 Å². The highest BCUT2D eigenvalue weighted by Gasteiger charge is 2.48. The predicted molar refractivity (Wildman–Crippen MR) is 105 cm³/mol. The highest BCUT2D eigenvalue weighted by Crippen LogP contribution is 2.45. The Morgan fingerprint density at radius 2 is 1.96 bits per heavy atom. The van der Waals surface area contributed by atoms with Gasteiger partial charge in [-0.1, -0.05) is 35.9 Å². The van der Waals surface area contributed by atoms with Crippen LogP contribution in [0.2, 0.25) is 5.02 Å². The first-order valence-corrected chi connectivity index (χ1v) is 9.10. The van der Waals surface area contributed by atoms with E-state index < -0.39 is 0 Å². The standard InChI is InChI=1S/C19H23ClN4O.ClH/c1-11-6-4-5-7-14(11)18-15-10-24(9-13(15)8-23(18)3)19(25)17-16(20)12(2)21-22-17;/h4-7,13,15,18H,8-10H2,1-3H3,(H,21,22);1H/t13-,15+,18+;/m0./s1. The highest BCUT2D eigenvalue weighted by atomic mass is 35.5. The number of halogens is 2. The number of aryl methyl sites for hydroxylation is 2. The number of aromatic nitrogens is 2. The van der Waals surface area contributed by atoms with E-state index in [1.807, 2.05) is 11.8 Å². The minimum Gasteiger partial charge on any atom is -0.337 e. The van der Waals surface area contributed by atoms with Crippen LogP contribution in [0, 0.1) is 25.7 Å². The number of carbonyl (C=O) groups excluding carboxylic acids is 1. The summed E-state index contributed by atoms with van der Waals surface area (Å²) in [5.74, 6) is 0.890. The Labute approximate surface area is 165 Å². The van der Waals surface area contributed by atoms with Gasteiger partial charge in [-0.15, -0.1) is 12.4 Å². The molecule has 0 spiro atoms. The van der Waals surface area contributed by atoms with Gasteiger partial charge < -0.3 is 4.90 Å². The normalized spacial score (nSPS) is 25.2. The van der Waals surface area contributed by atoms with Gasteiger partial charge in [0, 0.05) is 31.6 Å². The summed E-state index contributed by atoms with van der Waals surface area (Å²) in [5, 5.41) is 7.34. The molecule has 0 aliphatic carbocycles. The first-order valence-electron chi connectivity index (χ1n) is 8.73. The van der Waals surface area contributed by atoms with Crippen LogP contribution in [-0.2, 0) is 0 Å². The van der Waals surface area contributed by atoms with Crippen LogP contribution in [-0.4, -0.2) is 52.6 Å². The van der Waals surface area contributed by atoms with Crippen LogP contribution in [0.3, 0.4) is 0 Å². The molecule has 3 heterocycles. The molecule has 2 aliphatic heterocycles. The Morgan fingerprint density at radius 1 is 1.23 bits per heavy atom. The number of amides is 1. The molecule has 26 heavy (non-hydrogen) atoms. The van der Waals surface area contributed by atoms with Gasteiger partial charge in [0.05, 0.1) is 10.7 Å². The molecule has 2 saturated heterocycles. The van der Waals surface area contributed by atoms with Crippen LogP contribution < -0.4 is 0 Å². The van der Waals surface area contributed by atoms with Crippen molar-refractivity contribution in [2.75, 3.05) is 26.7 Å². The fourth-order valence-electron chi connectivity index (χ4n) is 4.52. The molecule has 0 unspecified atom stereocenters. The molecule has 1 aromatic heterocycles. The Kier molecular flexibility index (Phi) is 5.33. The van der Waals surface area contributed by atoms with Gasteiger partial charge in [0.2, 0.25) is 0 Å². The van der Waals surface area contributed by atoms with E-state index in [-0.39, 0.29) is 18.3 Å². The van der Waals surface area contributed by atoms with Gasteiger partial charge in [0.15, 0.2) is 5.69 Å². The van der Waals surface area contributed by atoms with Crippen molar-refractivity contribution in [3.8, 4) is 0 Å². The number of aromatic amines is 1. The monoisotopic (exact) mass is 394 g/mol. The molecule has 4 rings (SSSR count). The molecule has 1 aromatic carbocycles. The van der Waals surface area contributed by atoms with Crippen LogP contribution in [0.1, 0.15) is 33.4 Å². The van der Waals surface area contributed by atoms with Crippen molar-refractivity contribution in [1.82, 2.24) is 20.0 Å². The molecular formula is C19H24Cl2N4O. The van der Waals surface area contributed by atoms with Crippen molar-refractivity contribution in [3.05, 3.63) is 51.8 Å². The number of rotatable bonds is 2. The van der Waals surface area contributed by atoms with E-state index in [0.717, 1.165) is 25.3 Å². The number of nitrogens with zero attached hydrogens (tertiary/aromatic N) is 3. The summed E-state index contributed by atoms with van der Waals surface area (Å²) in [7, 11) is 2.19. The number of fused-ring (bicyclic) bond motifs is 1. The molecule has 0 bridgehead atoms. The van der Waals surface area contributed by atoms with Crippen molar-refractivity contribution in [2.45, 2.75) is 19.9 Å². The summed E-state index contributed by atoms with van der Waals surface area (Å²) in [4.78, 5) is 17.2. The Morgan fingerprint density at radius 3 is 2.62 bits per heavy atom. The summed E-state index contributed by atoms with van der Waals surface area (Å²) >= 11 is 6.22. The minimum atomic E-state index is -0.0602. The Balaban J connectivity index is 0.00000196. The average molecular weight is 395 g/mol. The second kappa shape index (κ2) is 7.22. The quantitative estimate of drug-likeness (QED) is 0.847. The molecule has 3 atom stereocenters. The van der Waals surface area contributed by atoms with Crippen molar-refractivity contribution < 1.29 is 4.79 Å². The average Bonchev–Trinajstić information content (AvgIpc) is 3.22. The third-order valence-corrected chi connectivity index (χ3v) is 6.23. The molecule has 1 amide bonds. The lowest BCUT2D eigenvalue weighted by Crippen LogP contribution is -2.34. The third kappa shape index (κ3) is 3.02. The lowest BCUT2D eigenvalue weighted by molar-refractivity contribution is 0.0762. The Hall–Kier alpha value is -1.56. The number of benzene rings is 1. The zero-order valence-corrected chi connectivity index (χ0v) is 16.8. The fourth-order valence-corrected chi connectivity index (χ4v) is 4.68. The number of likely N-dealkylation sites (tertiary alicyclic amines) is 2. The predicted octanol–water partition coefficient (Wildman–Crippen LogP) is 3.48. The lowest BCUT2D eigenvalue weighted by Gasteiger charge is -2.28. The third-order valence-electron chi connectivity index (χ3n) is 5.76. The molecule has 0 radical (unpaired) electrons. The second-order valence-corrected chi connectivity index (χ2v) is 7.76. The van der Waals surface area contributed by atoms with Gasteiger partial charge >= 0.3 is 0 Å². The number of hydrogen-bond acceptors (Lipinski definition) is 3. The van der Waals surface area contributed by atoms with Gasteiger partial charge in [-0.2, -0.15) is 5.10 Å². The van der Waals surface area contributed by atoms with Crippen LogP contribution in [0.4, 0.5) is 0 Å². The second-order valence-electron chi connectivity index (χ2n) is 7.39. The van der Waals surface area contributed by atoms with Crippen LogP contribution in [0.5, 0.6) is 0 Å². The zero-order valence-electron chi connectivity index (χ0n) is 15.2. The van der Waals surface area contributed by atoms with Crippen molar-refractivity contribution in [1.29, 1.82) is 0 Å². The molecule has 140 valence electrons. The van der Waals surface area contributed by atoms with E-state index in [9.17, 15) is 4.79 Å². The van der Waals surface area contributed by atoms with Gasteiger partial charge in [-0.25, -0.2) is 0 Å². The summed E-state index contributed by atoms with van der Waals surface area (Å²) in [6.07, 6.45) is 0. The first-order chi connectivity index (χ1) is 12.0. The van der Waals surface area contributed by atoms with E-state index in [1.54, 1.807) is 0 Å². The Bertz CT molecular complexity index is 822. The first kappa shape index (κ1) is 19.2. The summed E-state index contributed by atoms with van der Waals surface area (Å²) in [6, 6.07) is 8.93. The van der Waals surface area contributed by atoms with E-state index >= 15 is 0 Å². The topological polar surface area (TPSA) is 52.2 Å². The number of carbonyl (C=O) groups is 1. The number of hydrogen-bond donors (Lipinski definition) is 1. The molecular weight excluding hydrogens is 371 g/mol. The van der Waals surface area contributed by atoms with Gasteiger partial charge in [0.1, 0.15) is 0 Å². The maximum atomic E-state index is 12.8. The van der Waals surface area contributed by atoms with Crippen LogP contribution in [0.25, 0.3) is 0 Å². The number of H-pyrrole nitrogens is 1. The lowest BCUT2D eigenvalue weighted by atomic mass is 9.88. The number of nitrogens with one attached hydrogen (secondary N) is 1. The minimum absolute atomic E-state index is 0. The van der Waals surface area contributed by atoms with Crippen LogP contribution in [0.15, 0.2) is 24.3 Å². The molecule has 7 heteroatoms. The SMILES string of the molecule is Cc1ccccc1[C@@H]1[C@@H]2CN(C(=O)c3n[nH]c(C)c3Cl)C[C@@H]2CN1C.Cl. The summed E-state index contributed by atoms with van der Waals surface area (Å²) < 4.78 is 0. The zero-order chi connectivity index (χ0) is 17.7. The van der Waals surface area contributed by atoms with Crippen LogP contribution >= 0.6 is 24.0 Å². The molecule has 2 aromatic rings. The molecule has 5 nitrogen and oxygen atoms in total. The summed E-state index contributed by atoms with van der Waals surface area (Å²) in [6.45, 7) is 6.54. The van der Waals surface area contributed by atoms with E-state index in [4.69, 9.17) is 11.6 Å². The molecule has 1 N–H and O–H groups in total. The smallest absolute Gasteiger partial charge is 0.275 e. The van der Waals surface area contributed by atoms with Crippen molar-refractivity contribution >= 4 is 29.9 Å². The van der Waals surface area contributed by atoms with E-state index in [0.29, 0.717) is 28.6 Å². The van der Waals surface area contributed by atoms with E-state index in [2.05, 4.69) is 53.3 Å². The summed E-state index contributed by atoms with van der Waals surface area (Å²) in [5.41, 5.74) is 3.78. The van der Waals surface area contributed by atoms with Gasteiger partial charge in [-0.05, 0) is 37.9 Å². The maximum absolute atomic E-state index is 12.8. The highest BCUT2D eigenvalue weighted by molar-refractivity contribution is 6.34. The molecule has 0 saturated carbocycles. The largest absolute Gasteiger partial charge is 0.337 e. The van der Waals surface area contributed by atoms with Gasteiger partial charge in [-0.3, -0.25) is 14.8 Å². The van der Waals surface area contributed by atoms with E-state index in [1.165, 1.54) is 11.1 Å². The molecule has 2 aliphatic rings. The maximum Gasteiger partial charge on any atom is 0.275 e. The van der Waals surface area contributed by atoms with Crippen molar-refractivity contribution in [2.24, 2.45) is 11.8 Å². The van der Waals surface area contributed by atoms with Gasteiger partial charge in [0.25, 0.3) is 5.91 Å². The molecule has 2 fully saturated rings.